The van der Waals surface area contributed by atoms with E-state index in [1.165, 1.54) is 5.56 Å². The predicted octanol–water partition coefficient (Wildman–Crippen LogP) is 0.643. The molecule has 1 aliphatic rings. The number of carbonyl (C=O) groups is 1. The molecule has 0 spiro atoms. The Balaban J connectivity index is 1.73. The molecule has 1 aromatic rings. The number of carbonyl (C=O) groups excluding carboxylic acids is 1. The summed E-state index contributed by atoms with van der Waals surface area (Å²) in [6.07, 6.45) is -0.306. The minimum atomic E-state index is -0.306. The highest BCUT2D eigenvalue weighted by Crippen LogP contribution is 2.06. The van der Waals surface area contributed by atoms with Crippen LogP contribution in [0.3, 0.4) is 0 Å². The molecule has 0 aromatic heterocycles. The lowest BCUT2D eigenvalue weighted by Gasteiger charge is -2.36. The van der Waals surface area contributed by atoms with E-state index in [1.807, 2.05) is 30.1 Å². The van der Waals surface area contributed by atoms with Crippen molar-refractivity contribution in [3.63, 3.8) is 0 Å². The van der Waals surface area contributed by atoms with E-state index in [9.17, 15) is 9.90 Å². The van der Waals surface area contributed by atoms with Gasteiger partial charge in [0.25, 0.3) is 0 Å². The molecule has 2 rings (SSSR count). The van der Waals surface area contributed by atoms with Crippen LogP contribution in [0.1, 0.15) is 12.5 Å². The van der Waals surface area contributed by atoms with Gasteiger partial charge in [0.1, 0.15) is 0 Å². The van der Waals surface area contributed by atoms with Crippen LogP contribution in [0.4, 0.5) is 0 Å². The molecule has 1 atom stereocenters. The van der Waals surface area contributed by atoms with Crippen LogP contribution in [0, 0.1) is 0 Å². The van der Waals surface area contributed by atoms with Crippen LogP contribution in [0.25, 0.3) is 0 Å². The molecule has 0 aliphatic carbocycles. The molecular formula is C17H27N3O2. The topological polar surface area (TPSA) is 47.0 Å². The number of aliphatic hydroxyl groups is 1. The molecule has 1 amide bonds. The number of likely N-dealkylation sites (N-methyl/N-ethyl adjacent to an activating group) is 1. The smallest absolute Gasteiger partial charge is 0.236 e. The van der Waals surface area contributed by atoms with Crippen molar-refractivity contribution in [2.45, 2.75) is 19.6 Å². The summed E-state index contributed by atoms with van der Waals surface area (Å²) in [4.78, 5) is 18.5. The number of amides is 1. The SMILES string of the molecule is CC(O)CN1CCN(C(=O)CN(C)Cc2ccccc2)CC1. The van der Waals surface area contributed by atoms with Crippen molar-refractivity contribution >= 4 is 5.91 Å². The van der Waals surface area contributed by atoms with Crippen molar-refractivity contribution in [2.24, 2.45) is 0 Å². The molecule has 0 radical (unpaired) electrons. The summed E-state index contributed by atoms with van der Waals surface area (Å²) in [5.74, 6) is 0.190. The maximum atomic E-state index is 12.3. The highest BCUT2D eigenvalue weighted by molar-refractivity contribution is 5.78. The third-order valence-electron chi connectivity index (χ3n) is 3.95. The van der Waals surface area contributed by atoms with Crippen molar-refractivity contribution < 1.29 is 9.90 Å². The zero-order chi connectivity index (χ0) is 15.9. The molecule has 0 bridgehead atoms. The summed E-state index contributed by atoms with van der Waals surface area (Å²) in [6.45, 7) is 6.93. The monoisotopic (exact) mass is 305 g/mol. The van der Waals surface area contributed by atoms with Crippen LogP contribution in [-0.4, -0.2) is 78.1 Å². The Morgan fingerprint density at radius 3 is 2.45 bits per heavy atom. The van der Waals surface area contributed by atoms with Gasteiger partial charge in [-0.15, -0.1) is 0 Å². The normalized spacial score (nSPS) is 17.7. The molecule has 1 unspecified atom stereocenters. The van der Waals surface area contributed by atoms with Gasteiger partial charge in [0.2, 0.25) is 5.91 Å². The second-order valence-corrected chi connectivity index (χ2v) is 6.19. The van der Waals surface area contributed by atoms with Crippen LogP contribution < -0.4 is 0 Å². The number of nitrogens with zero attached hydrogens (tertiary/aromatic N) is 3. The fourth-order valence-corrected chi connectivity index (χ4v) is 2.84. The first-order valence-corrected chi connectivity index (χ1v) is 7.95. The van der Waals surface area contributed by atoms with Gasteiger partial charge in [-0.25, -0.2) is 0 Å². The highest BCUT2D eigenvalue weighted by Gasteiger charge is 2.22. The largest absolute Gasteiger partial charge is 0.392 e. The summed E-state index contributed by atoms with van der Waals surface area (Å²) in [5, 5.41) is 9.41. The van der Waals surface area contributed by atoms with Gasteiger partial charge < -0.3 is 10.0 Å². The van der Waals surface area contributed by atoms with Gasteiger partial charge in [-0.05, 0) is 19.5 Å². The van der Waals surface area contributed by atoms with Crippen molar-refractivity contribution in [2.75, 3.05) is 46.3 Å². The Bertz CT molecular complexity index is 456. The van der Waals surface area contributed by atoms with Gasteiger partial charge in [-0.1, -0.05) is 30.3 Å². The Labute approximate surface area is 133 Å². The Morgan fingerprint density at radius 1 is 1.23 bits per heavy atom. The van der Waals surface area contributed by atoms with Crippen LogP contribution in [0.2, 0.25) is 0 Å². The number of hydrogen-bond acceptors (Lipinski definition) is 4. The van der Waals surface area contributed by atoms with Crippen LogP contribution in [0.5, 0.6) is 0 Å². The molecule has 1 aliphatic heterocycles. The summed E-state index contributed by atoms with van der Waals surface area (Å²) in [6, 6.07) is 10.2. The molecule has 22 heavy (non-hydrogen) atoms. The summed E-state index contributed by atoms with van der Waals surface area (Å²) < 4.78 is 0. The van der Waals surface area contributed by atoms with E-state index in [2.05, 4.69) is 21.9 Å². The lowest BCUT2D eigenvalue weighted by atomic mass is 10.2. The molecule has 1 aromatic carbocycles. The Hall–Kier alpha value is -1.43. The van der Waals surface area contributed by atoms with Gasteiger partial charge in [-0.3, -0.25) is 14.6 Å². The third kappa shape index (κ3) is 5.40. The second kappa shape index (κ2) is 8.27. The Kier molecular flexibility index (Phi) is 6.36. The van der Waals surface area contributed by atoms with Gasteiger partial charge >= 0.3 is 0 Å². The third-order valence-corrected chi connectivity index (χ3v) is 3.95. The van der Waals surface area contributed by atoms with E-state index in [-0.39, 0.29) is 12.0 Å². The van der Waals surface area contributed by atoms with Crippen LogP contribution in [0.15, 0.2) is 30.3 Å². The number of benzene rings is 1. The number of piperazine rings is 1. The first kappa shape index (κ1) is 16.9. The van der Waals surface area contributed by atoms with Crippen molar-refractivity contribution in [1.29, 1.82) is 0 Å². The molecular weight excluding hydrogens is 278 g/mol. The molecule has 1 fully saturated rings. The number of aliphatic hydroxyl groups excluding tert-OH is 1. The van der Waals surface area contributed by atoms with E-state index in [4.69, 9.17) is 0 Å². The summed E-state index contributed by atoms with van der Waals surface area (Å²) in [7, 11) is 1.98. The predicted molar refractivity (Wildman–Crippen MR) is 87.5 cm³/mol. The van der Waals surface area contributed by atoms with Gasteiger partial charge in [0.15, 0.2) is 0 Å². The average molecular weight is 305 g/mol. The second-order valence-electron chi connectivity index (χ2n) is 6.19. The molecule has 5 nitrogen and oxygen atoms in total. The molecule has 5 heteroatoms. The summed E-state index contributed by atoms with van der Waals surface area (Å²) in [5.41, 5.74) is 1.22. The molecule has 1 saturated heterocycles. The van der Waals surface area contributed by atoms with E-state index in [1.54, 1.807) is 6.92 Å². The number of rotatable bonds is 6. The van der Waals surface area contributed by atoms with Gasteiger partial charge in [0.05, 0.1) is 12.6 Å². The van der Waals surface area contributed by atoms with E-state index in [0.29, 0.717) is 13.1 Å². The fraction of sp³-hybridized carbons (Fsp3) is 0.588. The van der Waals surface area contributed by atoms with Gasteiger partial charge in [-0.2, -0.15) is 0 Å². The fourth-order valence-electron chi connectivity index (χ4n) is 2.84. The minimum Gasteiger partial charge on any atom is -0.392 e. The van der Waals surface area contributed by atoms with Crippen molar-refractivity contribution in [3.05, 3.63) is 35.9 Å². The number of hydrogen-bond donors (Lipinski definition) is 1. The maximum absolute atomic E-state index is 12.3. The molecule has 1 N–H and O–H groups in total. The first-order chi connectivity index (χ1) is 10.5. The standard InChI is InChI=1S/C17H27N3O2/c1-15(21)12-19-8-10-20(11-9-19)17(22)14-18(2)13-16-6-4-3-5-7-16/h3-7,15,21H,8-14H2,1-2H3. The molecule has 122 valence electrons. The van der Waals surface area contributed by atoms with Crippen LogP contribution in [-0.2, 0) is 11.3 Å². The highest BCUT2D eigenvalue weighted by atomic mass is 16.3. The van der Waals surface area contributed by atoms with Crippen molar-refractivity contribution in [3.8, 4) is 0 Å². The zero-order valence-electron chi connectivity index (χ0n) is 13.6. The number of β-amino-alcohol motifs (C(OH)–C–C–N with tert-alkyl or cyclic N) is 1. The lowest BCUT2D eigenvalue weighted by Crippen LogP contribution is -2.51. The Morgan fingerprint density at radius 2 is 1.86 bits per heavy atom. The van der Waals surface area contributed by atoms with E-state index >= 15 is 0 Å². The molecule has 1 heterocycles. The van der Waals surface area contributed by atoms with Crippen LogP contribution >= 0.6 is 0 Å². The van der Waals surface area contributed by atoms with Crippen molar-refractivity contribution in [1.82, 2.24) is 14.7 Å². The maximum Gasteiger partial charge on any atom is 0.236 e. The zero-order valence-corrected chi connectivity index (χ0v) is 13.6. The van der Waals surface area contributed by atoms with E-state index in [0.717, 1.165) is 32.7 Å². The average Bonchev–Trinajstić information content (AvgIpc) is 2.48. The molecule has 0 saturated carbocycles. The minimum absolute atomic E-state index is 0.190. The van der Waals surface area contributed by atoms with E-state index < -0.39 is 0 Å². The quantitative estimate of drug-likeness (QED) is 0.838. The lowest BCUT2D eigenvalue weighted by molar-refractivity contribution is -0.134. The summed E-state index contributed by atoms with van der Waals surface area (Å²) >= 11 is 0. The van der Waals surface area contributed by atoms with Gasteiger partial charge in [0, 0.05) is 39.3 Å². The first-order valence-electron chi connectivity index (χ1n) is 7.95.